The Kier molecular flexibility index (Phi) is 4.22. The third kappa shape index (κ3) is 2.93. The molecular weight excluding hydrogens is 386 g/mol. The van der Waals surface area contributed by atoms with Crippen molar-refractivity contribution in [1.82, 2.24) is 0 Å². The number of rotatable bonds is 3. The molecule has 0 saturated carbocycles. The molecule has 0 aliphatic carbocycles. The SMILES string of the molecule is O=C1C(Cl)C(c2ccccc2)N1c1ccc(-c2cc(=O)c3ccccc3o2)cc1. The number of carbonyl (C=O) groups is 1. The van der Waals surface area contributed by atoms with Gasteiger partial charge in [0.2, 0.25) is 5.91 Å². The van der Waals surface area contributed by atoms with Crippen LogP contribution >= 0.6 is 11.6 Å². The Balaban J connectivity index is 1.49. The van der Waals surface area contributed by atoms with Gasteiger partial charge in [0.15, 0.2) is 5.43 Å². The molecule has 5 heteroatoms. The molecule has 2 atom stereocenters. The second kappa shape index (κ2) is 6.90. The predicted octanol–water partition coefficient (Wildman–Crippen LogP) is 5.16. The number of nitrogens with zero attached hydrogens (tertiary/aromatic N) is 1. The molecule has 1 aliphatic rings. The summed E-state index contributed by atoms with van der Waals surface area (Å²) in [5.41, 5.74) is 2.98. The number of halogens is 1. The molecule has 2 unspecified atom stereocenters. The summed E-state index contributed by atoms with van der Waals surface area (Å²) in [6, 6.07) is 25.6. The van der Waals surface area contributed by atoms with Crippen molar-refractivity contribution in [3.8, 4) is 11.3 Å². The normalized spacial score (nSPS) is 18.7. The van der Waals surface area contributed by atoms with E-state index in [9.17, 15) is 9.59 Å². The molecule has 2 heterocycles. The van der Waals surface area contributed by atoms with Crippen LogP contribution in [0.15, 0.2) is 94.1 Å². The van der Waals surface area contributed by atoms with E-state index in [1.807, 2.05) is 66.7 Å². The van der Waals surface area contributed by atoms with Crippen molar-refractivity contribution < 1.29 is 9.21 Å². The molecule has 4 aromatic rings. The average molecular weight is 402 g/mol. The number of benzene rings is 3. The Morgan fingerprint density at radius 1 is 0.828 bits per heavy atom. The van der Waals surface area contributed by atoms with E-state index in [1.165, 1.54) is 6.07 Å². The fraction of sp³-hybridized carbons (Fsp3) is 0.0833. The lowest BCUT2D eigenvalue weighted by Gasteiger charge is -2.44. The molecule has 0 bridgehead atoms. The largest absolute Gasteiger partial charge is 0.456 e. The Hall–Kier alpha value is -3.37. The van der Waals surface area contributed by atoms with Crippen LogP contribution in [0, 0.1) is 0 Å². The van der Waals surface area contributed by atoms with Crippen molar-refractivity contribution in [3.63, 3.8) is 0 Å². The van der Waals surface area contributed by atoms with Crippen LogP contribution in [0.4, 0.5) is 5.69 Å². The molecule has 4 nitrogen and oxygen atoms in total. The molecule has 1 amide bonds. The topological polar surface area (TPSA) is 50.5 Å². The van der Waals surface area contributed by atoms with E-state index in [-0.39, 0.29) is 17.4 Å². The smallest absolute Gasteiger partial charge is 0.248 e. The van der Waals surface area contributed by atoms with Crippen LogP contribution in [-0.2, 0) is 4.79 Å². The maximum Gasteiger partial charge on any atom is 0.248 e. The van der Waals surface area contributed by atoms with Crippen molar-refractivity contribution >= 4 is 34.2 Å². The van der Waals surface area contributed by atoms with E-state index in [4.69, 9.17) is 16.0 Å². The first-order valence-corrected chi connectivity index (χ1v) is 9.72. The number of hydrogen-bond acceptors (Lipinski definition) is 3. The number of anilines is 1. The third-order valence-corrected chi connectivity index (χ3v) is 5.66. The predicted molar refractivity (Wildman–Crippen MR) is 114 cm³/mol. The molecular formula is C24H16ClNO3. The minimum atomic E-state index is -0.574. The molecule has 1 saturated heterocycles. The zero-order valence-electron chi connectivity index (χ0n) is 15.3. The lowest BCUT2D eigenvalue weighted by Crippen LogP contribution is -2.56. The highest BCUT2D eigenvalue weighted by Crippen LogP contribution is 2.42. The van der Waals surface area contributed by atoms with Gasteiger partial charge in [0.05, 0.1) is 11.4 Å². The molecule has 1 aliphatic heterocycles. The van der Waals surface area contributed by atoms with Gasteiger partial charge in [-0.3, -0.25) is 9.59 Å². The van der Waals surface area contributed by atoms with Crippen LogP contribution in [0.25, 0.3) is 22.3 Å². The second-order valence-corrected chi connectivity index (χ2v) is 7.45. The van der Waals surface area contributed by atoms with E-state index >= 15 is 0 Å². The maximum absolute atomic E-state index is 12.4. The van der Waals surface area contributed by atoms with Gasteiger partial charge in [-0.15, -0.1) is 11.6 Å². The van der Waals surface area contributed by atoms with Crippen molar-refractivity contribution in [2.24, 2.45) is 0 Å². The zero-order valence-corrected chi connectivity index (χ0v) is 16.0. The van der Waals surface area contributed by atoms with Gasteiger partial charge in [0.25, 0.3) is 0 Å². The number of β-lactam (4-membered cyclic amide) rings is 1. The first-order chi connectivity index (χ1) is 14.1. The fourth-order valence-corrected chi connectivity index (χ4v) is 4.11. The van der Waals surface area contributed by atoms with Crippen molar-refractivity contribution in [1.29, 1.82) is 0 Å². The van der Waals surface area contributed by atoms with Crippen molar-refractivity contribution in [2.45, 2.75) is 11.4 Å². The van der Waals surface area contributed by atoms with Crippen molar-refractivity contribution in [3.05, 3.63) is 101 Å². The molecule has 1 aromatic heterocycles. The number of alkyl halides is 1. The lowest BCUT2D eigenvalue weighted by atomic mass is 9.92. The fourth-order valence-electron chi connectivity index (χ4n) is 3.74. The third-order valence-electron chi connectivity index (χ3n) is 5.23. The van der Waals surface area contributed by atoms with E-state index in [0.717, 1.165) is 16.8 Å². The summed E-state index contributed by atoms with van der Waals surface area (Å²) in [5.74, 6) is 0.371. The van der Waals surface area contributed by atoms with Crippen LogP contribution in [0.1, 0.15) is 11.6 Å². The van der Waals surface area contributed by atoms with Crippen molar-refractivity contribution in [2.75, 3.05) is 4.90 Å². The summed E-state index contributed by atoms with van der Waals surface area (Å²) in [6.07, 6.45) is 0. The van der Waals surface area contributed by atoms with Gasteiger partial charge in [0, 0.05) is 17.3 Å². The van der Waals surface area contributed by atoms with Gasteiger partial charge in [-0.05, 0) is 42.0 Å². The molecule has 0 spiro atoms. The van der Waals surface area contributed by atoms with Gasteiger partial charge in [-0.2, -0.15) is 0 Å². The highest BCUT2D eigenvalue weighted by molar-refractivity contribution is 6.37. The number of para-hydroxylation sites is 1. The van der Waals surface area contributed by atoms with Crippen LogP contribution in [-0.4, -0.2) is 11.3 Å². The van der Waals surface area contributed by atoms with Gasteiger partial charge < -0.3 is 9.32 Å². The summed E-state index contributed by atoms with van der Waals surface area (Å²) in [4.78, 5) is 26.5. The minimum Gasteiger partial charge on any atom is -0.456 e. The molecule has 5 rings (SSSR count). The molecule has 3 aromatic carbocycles. The summed E-state index contributed by atoms with van der Waals surface area (Å²) in [7, 11) is 0. The number of fused-ring (bicyclic) bond motifs is 1. The van der Waals surface area contributed by atoms with Crippen LogP contribution in [0.2, 0.25) is 0 Å². The van der Waals surface area contributed by atoms with Gasteiger partial charge in [0.1, 0.15) is 16.7 Å². The molecule has 0 N–H and O–H groups in total. The quantitative estimate of drug-likeness (QED) is 0.352. The van der Waals surface area contributed by atoms with Crippen LogP contribution < -0.4 is 10.3 Å². The summed E-state index contributed by atoms with van der Waals surface area (Å²) in [5, 5.41) is -0.0199. The van der Waals surface area contributed by atoms with Gasteiger partial charge >= 0.3 is 0 Å². The van der Waals surface area contributed by atoms with Gasteiger partial charge in [-0.1, -0.05) is 42.5 Å². The molecule has 0 radical (unpaired) electrons. The van der Waals surface area contributed by atoms with E-state index in [1.54, 1.807) is 17.0 Å². The lowest BCUT2D eigenvalue weighted by molar-refractivity contribution is -0.123. The minimum absolute atomic E-state index is 0.0852. The molecule has 1 fully saturated rings. The Morgan fingerprint density at radius 2 is 1.52 bits per heavy atom. The zero-order chi connectivity index (χ0) is 20.0. The van der Waals surface area contributed by atoms with Crippen LogP contribution in [0.5, 0.6) is 0 Å². The first-order valence-electron chi connectivity index (χ1n) is 9.29. The van der Waals surface area contributed by atoms with E-state index in [0.29, 0.717) is 16.7 Å². The van der Waals surface area contributed by atoms with E-state index < -0.39 is 5.38 Å². The highest BCUT2D eigenvalue weighted by atomic mass is 35.5. The van der Waals surface area contributed by atoms with Gasteiger partial charge in [-0.25, -0.2) is 0 Å². The summed E-state index contributed by atoms with van der Waals surface area (Å²) >= 11 is 6.30. The summed E-state index contributed by atoms with van der Waals surface area (Å²) in [6.45, 7) is 0. The average Bonchev–Trinajstić information content (AvgIpc) is 2.77. The second-order valence-electron chi connectivity index (χ2n) is 6.98. The standard InChI is InChI=1S/C24H16ClNO3/c25-22-23(16-6-2-1-3-7-16)26(24(22)28)17-12-10-15(11-13-17)21-14-19(27)18-8-4-5-9-20(18)29-21/h1-14,22-23H. The number of hydrogen-bond donors (Lipinski definition) is 0. The Labute approximate surface area is 172 Å². The Morgan fingerprint density at radius 3 is 2.28 bits per heavy atom. The monoisotopic (exact) mass is 401 g/mol. The first kappa shape index (κ1) is 17.7. The number of carbonyl (C=O) groups excluding carboxylic acids is 1. The molecule has 29 heavy (non-hydrogen) atoms. The maximum atomic E-state index is 12.4. The summed E-state index contributed by atoms with van der Waals surface area (Å²) < 4.78 is 5.90. The number of amides is 1. The van der Waals surface area contributed by atoms with E-state index in [2.05, 4.69) is 0 Å². The Bertz CT molecular complexity index is 1260. The van der Waals surface area contributed by atoms with Crippen LogP contribution in [0.3, 0.4) is 0 Å². The molecule has 142 valence electrons. The highest BCUT2D eigenvalue weighted by Gasteiger charge is 2.47.